The smallest absolute Gasteiger partial charge is 0.331 e. The van der Waals surface area contributed by atoms with E-state index in [9.17, 15) is 14.4 Å². The summed E-state index contributed by atoms with van der Waals surface area (Å²) in [6.45, 7) is 0.767. The highest BCUT2D eigenvalue weighted by Gasteiger charge is 2.17. The average Bonchev–Trinajstić information content (AvgIpc) is 2.74. The molecule has 0 aliphatic carbocycles. The summed E-state index contributed by atoms with van der Waals surface area (Å²) in [5.74, 6) is 0.583. The van der Waals surface area contributed by atoms with E-state index < -0.39 is 23.7 Å². The molecule has 8 nitrogen and oxygen atoms in total. The number of rotatable bonds is 5. The van der Waals surface area contributed by atoms with Crippen molar-refractivity contribution in [1.82, 2.24) is 9.13 Å². The lowest BCUT2D eigenvalue weighted by molar-refractivity contribution is -0.116. The third-order valence-corrected chi connectivity index (χ3v) is 5.20. The topological polar surface area (TPSA) is 91.6 Å². The van der Waals surface area contributed by atoms with E-state index in [4.69, 9.17) is 9.47 Å². The fourth-order valence-corrected chi connectivity index (χ4v) is 3.52. The number of benzene rings is 2. The molecule has 1 aliphatic heterocycles. The molecule has 0 unspecified atom stereocenters. The summed E-state index contributed by atoms with van der Waals surface area (Å²) in [4.78, 5) is 37.5. The highest BCUT2D eigenvalue weighted by molar-refractivity contribution is 9.10. The van der Waals surface area contributed by atoms with Crippen LogP contribution in [0.5, 0.6) is 11.5 Å². The van der Waals surface area contributed by atoms with Crippen LogP contribution in [0.15, 0.2) is 68.8 Å². The van der Waals surface area contributed by atoms with Crippen LogP contribution in [0.4, 0.5) is 5.69 Å². The molecule has 154 valence electrons. The van der Waals surface area contributed by atoms with Gasteiger partial charge in [-0.2, -0.15) is 0 Å². The fourth-order valence-electron chi connectivity index (χ4n) is 3.10. The molecule has 2 aromatic carbocycles. The lowest BCUT2D eigenvalue weighted by Gasteiger charge is -2.20. The van der Waals surface area contributed by atoms with Gasteiger partial charge in [-0.3, -0.25) is 18.7 Å². The Morgan fingerprint density at radius 3 is 2.47 bits per heavy atom. The molecule has 1 amide bonds. The number of carbonyl (C=O) groups is 1. The van der Waals surface area contributed by atoms with Gasteiger partial charge < -0.3 is 14.8 Å². The maximum Gasteiger partial charge on any atom is 0.331 e. The summed E-state index contributed by atoms with van der Waals surface area (Å²) in [6.07, 6.45) is 1.43. The minimum Gasteiger partial charge on any atom is -0.486 e. The molecule has 1 N–H and O–H groups in total. The zero-order valence-electron chi connectivity index (χ0n) is 15.8. The predicted molar refractivity (Wildman–Crippen MR) is 114 cm³/mol. The van der Waals surface area contributed by atoms with Gasteiger partial charge in [-0.25, -0.2) is 4.79 Å². The second-order valence-corrected chi connectivity index (χ2v) is 7.51. The second kappa shape index (κ2) is 8.58. The molecule has 0 atom stereocenters. The number of hydrogen-bond acceptors (Lipinski definition) is 5. The summed E-state index contributed by atoms with van der Waals surface area (Å²) < 4.78 is 13.9. The lowest BCUT2D eigenvalue weighted by atomic mass is 10.2. The minimum atomic E-state index is -0.553. The summed E-state index contributed by atoms with van der Waals surface area (Å²) >= 11 is 3.38. The summed E-state index contributed by atoms with van der Waals surface area (Å²) in [5, 5.41) is 2.70. The van der Waals surface area contributed by atoms with E-state index in [1.54, 1.807) is 12.1 Å². The molecule has 0 spiro atoms. The van der Waals surface area contributed by atoms with E-state index in [-0.39, 0.29) is 0 Å². The van der Waals surface area contributed by atoms with Crippen molar-refractivity contribution in [3.63, 3.8) is 0 Å². The van der Waals surface area contributed by atoms with Crippen LogP contribution in [-0.4, -0.2) is 28.3 Å². The Morgan fingerprint density at radius 2 is 1.73 bits per heavy atom. The van der Waals surface area contributed by atoms with Crippen molar-refractivity contribution >= 4 is 27.5 Å². The maximum atomic E-state index is 12.7. The maximum absolute atomic E-state index is 12.7. The van der Waals surface area contributed by atoms with Gasteiger partial charge in [0.15, 0.2) is 11.5 Å². The standard InChI is InChI=1S/C21H18BrN3O5/c22-15-10-17-18(30-9-8-29-17)11-16(15)23-19(26)13-25-20(27)6-7-24(21(25)28)12-14-4-2-1-3-5-14/h1-7,10-11H,8-9,12-13H2,(H,23,26). The largest absolute Gasteiger partial charge is 0.486 e. The van der Waals surface area contributed by atoms with Crippen molar-refractivity contribution in [3.05, 3.63) is 85.6 Å². The van der Waals surface area contributed by atoms with Crippen molar-refractivity contribution in [1.29, 1.82) is 0 Å². The third kappa shape index (κ3) is 4.30. The minimum absolute atomic E-state index is 0.301. The summed E-state index contributed by atoms with van der Waals surface area (Å²) in [6, 6.07) is 14.0. The number of anilines is 1. The molecular weight excluding hydrogens is 454 g/mol. The van der Waals surface area contributed by atoms with E-state index in [0.717, 1.165) is 10.1 Å². The highest BCUT2D eigenvalue weighted by Crippen LogP contribution is 2.38. The van der Waals surface area contributed by atoms with Crippen LogP contribution >= 0.6 is 15.9 Å². The number of amides is 1. The molecule has 2 heterocycles. The number of halogens is 1. The SMILES string of the molecule is O=C(Cn1c(=O)ccn(Cc2ccccc2)c1=O)Nc1cc2c(cc1Br)OCCO2. The van der Waals surface area contributed by atoms with Crippen molar-refractivity contribution in [2.24, 2.45) is 0 Å². The first kappa shape index (κ1) is 20.0. The highest BCUT2D eigenvalue weighted by atomic mass is 79.9. The molecule has 30 heavy (non-hydrogen) atoms. The van der Waals surface area contributed by atoms with Crippen LogP contribution in [0.2, 0.25) is 0 Å². The number of ether oxygens (including phenoxy) is 2. The van der Waals surface area contributed by atoms with Gasteiger partial charge in [0, 0.05) is 28.9 Å². The Kier molecular flexibility index (Phi) is 5.71. The molecule has 3 aromatic rings. The molecule has 0 fully saturated rings. The van der Waals surface area contributed by atoms with Crippen LogP contribution in [-0.2, 0) is 17.9 Å². The van der Waals surface area contributed by atoms with Crippen LogP contribution < -0.4 is 26.0 Å². The van der Waals surface area contributed by atoms with E-state index >= 15 is 0 Å². The van der Waals surface area contributed by atoms with Crippen LogP contribution in [0, 0.1) is 0 Å². The van der Waals surface area contributed by atoms with Crippen molar-refractivity contribution in [3.8, 4) is 11.5 Å². The zero-order valence-corrected chi connectivity index (χ0v) is 17.4. The van der Waals surface area contributed by atoms with Gasteiger partial charge in [0.2, 0.25) is 5.91 Å². The monoisotopic (exact) mass is 471 g/mol. The fraction of sp³-hybridized carbons (Fsp3) is 0.190. The van der Waals surface area contributed by atoms with Gasteiger partial charge in [0.05, 0.1) is 12.2 Å². The molecule has 1 aliphatic rings. The Labute approximate surface area is 179 Å². The number of aromatic nitrogens is 2. The van der Waals surface area contributed by atoms with E-state index in [2.05, 4.69) is 21.2 Å². The van der Waals surface area contributed by atoms with Crippen molar-refractivity contribution in [2.75, 3.05) is 18.5 Å². The number of hydrogen-bond donors (Lipinski definition) is 1. The number of nitrogens with one attached hydrogen (secondary N) is 1. The van der Waals surface area contributed by atoms with Gasteiger partial charge in [-0.05, 0) is 21.5 Å². The first-order chi connectivity index (χ1) is 14.5. The molecule has 1 aromatic heterocycles. The van der Waals surface area contributed by atoms with Crippen LogP contribution in [0.25, 0.3) is 0 Å². The summed E-state index contributed by atoms with van der Waals surface area (Å²) in [7, 11) is 0. The van der Waals surface area contributed by atoms with E-state index in [1.165, 1.54) is 16.8 Å². The molecule has 0 saturated heterocycles. The number of fused-ring (bicyclic) bond motifs is 1. The first-order valence-corrected chi connectivity index (χ1v) is 10.0. The van der Waals surface area contributed by atoms with E-state index in [0.29, 0.717) is 41.4 Å². The Bertz CT molecular complexity index is 1200. The normalized spacial score (nSPS) is 12.4. The van der Waals surface area contributed by atoms with Crippen molar-refractivity contribution < 1.29 is 14.3 Å². The molecule has 4 rings (SSSR count). The van der Waals surface area contributed by atoms with Crippen molar-refractivity contribution in [2.45, 2.75) is 13.1 Å². The van der Waals surface area contributed by atoms with Gasteiger partial charge >= 0.3 is 5.69 Å². The number of nitrogens with zero attached hydrogens (tertiary/aromatic N) is 2. The summed E-state index contributed by atoms with van der Waals surface area (Å²) in [5.41, 5.74) is 0.274. The lowest BCUT2D eigenvalue weighted by Crippen LogP contribution is -2.41. The van der Waals surface area contributed by atoms with E-state index in [1.807, 2.05) is 30.3 Å². The molecule has 0 saturated carbocycles. The average molecular weight is 472 g/mol. The molecule has 9 heteroatoms. The van der Waals surface area contributed by atoms with Crippen LogP contribution in [0.3, 0.4) is 0 Å². The molecular formula is C21H18BrN3O5. The molecule has 0 bridgehead atoms. The Morgan fingerprint density at radius 1 is 1.03 bits per heavy atom. The third-order valence-electron chi connectivity index (χ3n) is 4.54. The Hall–Kier alpha value is -3.33. The van der Waals surface area contributed by atoms with Gasteiger partial charge in [0.25, 0.3) is 5.56 Å². The van der Waals surface area contributed by atoms with Gasteiger partial charge in [-0.15, -0.1) is 0 Å². The van der Waals surface area contributed by atoms with Crippen LogP contribution in [0.1, 0.15) is 5.56 Å². The first-order valence-electron chi connectivity index (χ1n) is 9.24. The second-order valence-electron chi connectivity index (χ2n) is 6.66. The number of carbonyl (C=O) groups excluding carboxylic acids is 1. The Balaban J connectivity index is 1.54. The predicted octanol–water partition coefficient (Wildman–Crippen LogP) is 2.23. The molecule has 0 radical (unpaired) electrons. The van der Waals surface area contributed by atoms with Gasteiger partial charge in [-0.1, -0.05) is 30.3 Å². The zero-order chi connectivity index (χ0) is 21.1. The van der Waals surface area contributed by atoms with Gasteiger partial charge in [0.1, 0.15) is 19.8 Å². The quantitative estimate of drug-likeness (QED) is 0.615.